The summed E-state index contributed by atoms with van der Waals surface area (Å²) in [6.07, 6.45) is 4.26. The Bertz CT molecular complexity index is 111. The van der Waals surface area contributed by atoms with E-state index >= 15 is 0 Å². The molecule has 1 aliphatic rings. The molecule has 1 radical (unpaired) electrons. The van der Waals surface area contributed by atoms with E-state index in [9.17, 15) is 4.79 Å². The van der Waals surface area contributed by atoms with E-state index in [1.54, 1.807) is 0 Å². The van der Waals surface area contributed by atoms with Crippen molar-refractivity contribution in [3.8, 4) is 0 Å². The van der Waals surface area contributed by atoms with Crippen LogP contribution in [0.1, 0.15) is 6.42 Å². The predicted molar refractivity (Wildman–Crippen MR) is 29.7 cm³/mol. The van der Waals surface area contributed by atoms with Gasteiger partial charge in [-0.05, 0) is 6.42 Å². The van der Waals surface area contributed by atoms with E-state index in [-0.39, 0.29) is 0 Å². The summed E-state index contributed by atoms with van der Waals surface area (Å²) >= 11 is 0. The standard InChI is InChI=1S/C5H7N2O/c8-5-7-3-1-2-6-4-7/h5H,1-3H2. The number of nitrogens with zero attached hydrogens (tertiary/aromatic N) is 2. The monoisotopic (exact) mass is 111 g/mol. The first kappa shape index (κ1) is 5.28. The van der Waals surface area contributed by atoms with E-state index in [1.165, 1.54) is 4.90 Å². The SMILES string of the molecule is O=CN1[C]=NCCC1. The molecule has 0 aliphatic carbocycles. The minimum Gasteiger partial charge on any atom is -0.297 e. The van der Waals surface area contributed by atoms with E-state index in [2.05, 4.69) is 11.3 Å². The molecule has 3 heteroatoms. The van der Waals surface area contributed by atoms with E-state index in [0.29, 0.717) is 0 Å². The summed E-state index contributed by atoms with van der Waals surface area (Å²) in [5.41, 5.74) is 0. The lowest BCUT2D eigenvalue weighted by atomic mass is 10.4. The Morgan fingerprint density at radius 3 is 3.00 bits per heavy atom. The van der Waals surface area contributed by atoms with Crippen LogP contribution in [0.25, 0.3) is 0 Å². The molecule has 3 nitrogen and oxygen atoms in total. The molecular weight excluding hydrogens is 104 g/mol. The van der Waals surface area contributed by atoms with Gasteiger partial charge in [0.25, 0.3) is 0 Å². The van der Waals surface area contributed by atoms with Gasteiger partial charge in [0.2, 0.25) is 6.41 Å². The van der Waals surface area contributed by atoms with Gasteiger partial charge in [-0.2, -0.15) is 0 Å². The number of carbonyl (C=O) groups excluding carboxylic acids is 1. The quantitative estimate of drug-likeness (QED) is 0.429. The maximum absolute atomic E-state index is 9.96. The minimum atomic E-state index is 0.739. The van der Waals surface area contributed by atoms with Gasteiger partial charge in [-0.15, -0.1) is 0 Å². The molecule has 8 heavy (non-hydrogen) atoms. The van der Waals surface area contributed by atoms with Crippen LogP contribution in [0.15, 0.2) is 4.99 Å². The van der Waals surface area contributed by atoms with E-state index in [0.717, 1.165) is 25.9 Å². The molecule has 0 saturated carbocycles. The fraction of sp³-hybridized carbons (Fsp3) is 0.600. The van der Waals surface area contributed by atoms with Crippen molar-refractivity contribution in [2.45, 2.75) is 6.42 Å². The minimum absolute atomic E-state index is 0.739. The molecule has 0 saturated heterocycles. The Labute approximate surface area is 48.0 Å². The Kier molecular flexibility index (Phi) is 1.62. The van der Waals surface area contributed by atoms with Crippen molar-refractivity contribution in [2.24, 2.45) is 4.99 Å². The second-order valence-electron chi connectivity index (χ2n) is 1.63. The Morgan fingerprint density at radius 2 is 2.62 bits per heavy atom. The second-order valence-corrected chi connectivity index (χ2v) is 1.63. The highest BCUT2D eigenvalue weighted by Gasteiger charge is 2.00. The van der Waals surface area contributed by atoms with Gasteiger partial charge in [-0.1, -0.05) is 0 Å². The molecule has 1 amide bonds. The first-order chi connectivity index (χ1) is 3.93. The zero-order chi connectivity index (χ0) is 5.82. The fourth-order valence-corrected chi connectivity index (χ4v) is 0.587. The molecule has 0 atom stereocenters. The van der Waals surface area contributed by atoms with Gasteiger partial charge in [-0.3, -0.25) is 14.7 Å². The van der Waals surface area contributed by atoms with Crippen molar-refractivity contribution in [3.05, 3.63) is 0 Å². The Hall–Kier alpha value is -0.860. The van der Waals surface area contributed by atoms with Gasteiger partial charge < -0.3 is 0 Å². The average Bonchev–Trinajstić information content (AvgIpc) is 1.90. The lowest BCUT2D eigenvalue weighted by molar-refractivity contribution is -0.114. The van der Waals surface area contributed by atoms with E-state index in [4.69, 9.17) is 0 Å². The third kappa shape index (κ3) is 1.05. The fourth-order valence-electron chi connectivity index (χ4n) is 0.587. The summed E-state index contributed by atoms with van der Waals surface area (Å²) in [6.45, 7) is 1.58. The Balaban J connectivity index is 2.42. The van der Waals surface area contributed by atoms with Crippen LogP contribution in [-0.2, 0) is 4.79 Å². The molecule has 0 bridgehead atoms. The maximum atomic E-state index is 9.96. The molecule has 1 heterocycles. The highest BCUT2D eigenvalue weighted by molar-refractivity contribution is 5.72. The molecule has 0 spiro atoms. The molecule has 0 fully saturated rings. The van der Waals surface area contributed by atoms with Crippen molar-refractivity contribution in [1.29, 1.82) is 0 Å². The van der Waals surface area contributed by atoms with Gasteiger partial charge in [0.1, 0.15) is 0 Å². The third-order valence-corrected chi connectivity index (χ3v) is 0.995. The molecular formula is C5H7N2O. The van der Waals surface area contributed by atoms with Crippen molar-refractivity contribution >= 4 is 12.7 Å². The molecule has 43 valence electrons. The summed E-state index contributed by atoms with van der Waals surface area (Å²) < 4.78 is 0. The average molecular weight is 111 g/mol. The zero-order valence-electron chi connectivity index (χ0n) is 4.50. The van der Waals surface area contributed by atoms with Crippen LogP contribution in [0.5, 0.6) is 0 Å². The number of carbonyl (C=O) groups is 1. The molecule has 0 unspecified atom stereocenters. The lowest BCUT2D eigenvalue weighted by Gasteiger charge is -2.12. The van der Waals surface area contributed by atoms with Crippen LogP contribution in [0, 0.1) is 0 Å². The predicted octanol–water partition coefficient (Wildman–Crippen LogP) is -0.246. The van der Waals surface area contributed by atoms with Crippen LogP contribution < -0.4 is 0 Å². The third-order valence-electron chi connectivity index (χ3n) is 0.995. The van der Waals surface area contributed by atoms with Crippen LogP contribution >= 0.6 is 0 Å². The van der Waals surface area contributed by atoms with Crippen LogP contribution in [0.2, 0.25) is 0 Å². The van der Waals surface area contributed by atoms with Crippen molar-refractivity contribution < 1.29 is 4.79 Å². The number of hydrogen-bond donors (Lipinski definition) is 0. The second kappa shape index (κ2) is 2.45. The maximum Gasteiger partial charge on any atom is 0.215 e. The number of aliphatic imine (C=N–C) groups is 1. The molecule has 0 N–H and O–H groups in total. The van der Waals surface area contributed by atoms with E-state index < -0.39 is 0 Å². The zero-order valence-corrected chi connectivity index (χ0v) is 4.50. The summed E-state index contributed by atoms with van der Waals surface area (Å²) in [6, 6.07) is 0. The van der Waals surface area contributed by atoms with Crippen molar-refractivity contribution in [2.75, 3.05) is 13.1 Å². The topological polar surface area (TPSA) is 32.7 Å². The number of hydrogen-bond acceptors (Lipinski definition) is 2. The molecule has 1 rings (SSSR count). The molecule has 0 aromatic rings. The van der Waals surface area contributed by atoms with Gasteiger partial charge in [0.05, 0.1) is 0 Å². The first-order valence-corrected chi connectivity index (χ1v) is 2.57. The first-order valence-electron chi connectivity index (χ1n) is 2.57. The van der Waals surface area contributed by atoms with Crippen LogP contribution in [0.3, 0.4) is 0 Å². The number of rotatable bonds is 1. The van der Waals surface area contributed by atoms with Gasteiger partial charge in [-0.25, -0.2) is 0 Å². The normalized spacial score (nSPS) is 18.8. The Morgan fingerprint density at radius 1 is 1.75 bits per heavy atom. The molecule has 0 aromatic carbocycles. The summed E-state index contributed by atoms with van der Waals surface area (Å²) in [7, 11) is 0. The molecule has 0 aromatic heterocycles. The number of amides is 1. The van der Waals surface area contributed by atoms with Crippen LogP contribution in [0.4, 0.5) is 0 Å². The summed E-state index contributed by atoms with van der Waals surface area (Å²) in [5.74, 6) is 0. The lowest BCUT2D eigenvalue weighted by Crippen LogP contribution is -2.25. The van der Waals surface area contributed by atoms with Gasteiger partial charge >= 0.3 is 0 Å². The smallest absolute Gasteiger partial charge is 0.215 e. The van der Waals surface area contributed by atoms with E-state index in [1.807, 2.05) is 0 Å². The van der Waals surface area contributed by atoms with Crippen molar-refractivity contribution in [1.82, 2.24) is 4.90 Å². The summed E-state index contributed by atoms with van der Waals surface area (Å²) in [4.78, 5) is 15.2. The van der Waals surface area contributed by atoms with Gasteiger partial charge in [0, 0.05) is 13.1 Å². The largest absolute Gasteiger partial charge is 0.297 e. The van der Waals surface area contributed by atoms with Crippen LogP contribution in [-0.4, -0.2) is 30.7 Å². The highest BCUT2D eigenvalue weighted by atomic mass is 16.1. The highest BCUT2D eigenvalue weighted by Crippen LogP contribution is 1.91. The van der Waals surface area contributed by atoms with Crippen molar-refractivity contribution in [3.63, 3.8) is 0 Å². The summed E-state index contributed by atoms with van der Waals surface area (Å²) in [5, 5.41) is 0. The molecule has 1 aliphatic heterocycles. The van der Waals surface area contributed by atoms with Gasteiger partial charge in [0.15, 0.2) is 6.34 Å².